The van der Waals surface area contributed by atoms with E-state index in [4.69, 9.17) is 0 Å². The van der Waals surface area contributed by atoms with Crippen molar-refractivity contribution >= 4 is 0 Å². The van der Waals surface area contributed by atoms with E-state index in [2.05, 4.69) is 64.3 Å². The van der Waals surface area contributed by atoms with Crippen LogP contribution in [0.1, 0.15) is 72.9 Å². The lowest BCUT2D eigenvalue weighted by molar-refractivity contribution is 1.14. The zero-order valence-electron chi connectivity index (χ0n) is 17.6. The van der Waals surface area contributed by atoms with E-state index in [1.165, 1.54) is 22.3 Å². The lowest BCUT2D eigenvalue weighted by Crippen LogP contribution is -1.70. The van der Waals surface area contributed by atoms with Crippen LogP contribution in [-0.4, -0.2) is 0 Å². The van der Waals surface area contributed by atoms with E-state index in [1.807, 2.05) is 54.5 Å². The minimum atomic E-state index is 1.10. The smallest absolute Gasteiger partial charge is 0.0311 e. The molecular weight excluding hydrogens is 276 g/mol. The number of hydrogen-bond acceptors (Lipinski definition) is 0. The Morgan fingerprint density at radius 3 is 1.26 bits per heavy atom. The predicted octanol–water partition coefficient (Wildman–Crippen LogP) is 8.47. The van der Waals surface area contributed by atoms with Gasteiger partial charge in [-0.15, -0.1) is 6.58 Å². The monoisotopic (exact) mass is 318 g/mol. The van der Waals surface area contributed by atoms with Gasteiger partial charge in [0.05, 0.1) is 0 Å². The highest BCUT2D eigenvalue weighted by Gasteiger charge is 1.80. The van der Waals surface area contributed by atoms with Crippen LogP contribution >= 0.6 is 0 Å². The van der Waals surface area contributed by atoms with Gasteiger partial charge >= 0.3 is 0 Å². The fourth-order valence-corrected chi connectivity index (χ4v) is 1.10. The van der Waals surface area contributed by atoms with Crippen molar-refractivity contribution in [3.05, 3.63) is 71.8 Å². The Morgan fingerprint density at radius 1 is 0.913 bits per heavy atom. The molecule has 0 aromatic heterocycles. The third-order valence-electron chi connectivity index (χ3n) is 2.26. The highest BCUT2D eigenvalue weighted by molar-refractivity contribution is 5.19. The molecule has 0 saturated heterocycles. The second-order valence-electron chi connectivity index (χ2n) is 4.78. The average molecular weight is 319 g/mol. The fourth-order valence-electron chi connectivity index (χ4n) is 1.10. The van der Waals surface area contributed by atoms with Gasteiger partial charge < -0.3 is 0 Å². The maximum Gasteiger partial charge on any atom is -0.0311 e. The summed E-state index contributed by atoms with van der Waals surface area (Å²) in [7, 11) is 0. The second-order valence-corrected chi connectivity index (χ2v) is 4.78. The van der Waals surface area contributed by atoms with Crippen LogP contribution < -0.4 is 0 Å². The van der Waals surface area contributed by atoms with Gasteiger partial charge in [-0.3, -0.25) is 0 Å². The molecule has 134 valence electrons. The molecule has 0 radical (unpaired) electrons. The minimum Gasteiger partial charge on any atom is -0.100 e. The summed E-state index contributed by atoms with van der Waals surface area (Å²) in [4.78, 5) is 0. The molecule has 0 spiro atoms. The van der Waals surface area contributed by atoms with Gasteiger partial charge in [0.25, 0.3) is 0 Å². The molecule has 1 aromatic carbocycles. The number of benzene rings is 1. The molecule has 0 aliphatic heterocycles. The van der Waals surface area contributed by atoms with Gasteiger partial charge in [-0.25, -0.2) is 0 Å². The van der Waals surface area contributed by atoms with E-state index in [0.717, 1.165) is 6.42 Å². The molecule has 0 saturated carbocycles. The van der Waals surface area contributed by atoms with Crippen LogP contribution in [0.5, 0.6) is 0 Å². The topological polar surface area (TPSA) is 0 Å². The number of hydrogen-bond donors (Lipinski definition) is 0. The fraction of sp³-hybridized carbons (Fsp3) is 0.478. The van der Waals surface area contributed by atoms with E-state index in [1.54, 1.807) is 0 Å². The van der Waals surface area contributed by atoms with Gasteiger partial charge in [0.2, 0.25) is 0 Å². The second kappa shape index (κ2) is 25.4. The average Bonchev–Trinajstić information content (AvgIpc) is 2.56. The van der Waals surface area contributed by atoms with Crippen molar-refractivity contribution in [2.75, 3.05) is 0 Å². The molecule has 0 heteroatoms. The van der Waals surface area contributed by atoms with E-state index in [0.29, 0.717) is 0 Å². The van der Waals surface area contributed by atoms with Crippen LogP contribution in [-0.2, 0) is 0 Å². The Balaban J connectivity index is -0.000000110. The minimum absolute atomic E-state index is 1.10. The lowest BCUT2D eigenvalue weighted by Gasteiger charge is -1.90. The van der Waals surface area contributed by atoms with E-state index in [-0.39, 0.29) is 0 Å². The molecule has 0 unspecified atom stereocenters. The van der Waals surface area contributed by atoms with Crippen LogP contribution in [0.2, 0.25) is 0 Å². The Bertz CT molecular complexity index is 352. The number of allylic oxidation sites excluding steroid dienone is 4. The summed E-state index contributed by atoms with van der Waals surface area (Å²) in [5.41, 5.74) is 5.14. The van der Waals surface area contributed by atoms with Crippen molar-refractivity contribution < 1.29 is 0 Å². The van der Waals surface area contributed by atoms with Crippen LogP contribution in [0, 0.1) is 13.8 Å². The Hall–Kier alpha value is -1.56. The van der Waals surface area contributed by atoms with Crippen molar-refractivity contribution in [2.24, 2.45) is 0 Å². The van der Waals surface area contributed by atoms with E-state index in [9.17, 15) is 0 Å². The van der Waals surface area contributed by atoms with Crippen molar-refractivity contribution in [3.63, 3.8) is 0 Å². The molecule has 23 heavy (non-hydrogen) atoms. The normalized spacial score (nSPS) is 8.35. The Labute approximate surface area is 148 Å². The predicted molar refractivity (Wildman–Crippen MR) is 113 cm³/mol. The van der Waals surface area contributed by atoms with Crippen molar-refractivity contribution in [1.82, 2.24) is 0 Å². The molecule has 0 aliphatic rings. The number of rotatable bonds is 2. The lowest BCUT2D eigenvalue weighted by atomic mass is 10.2. The first-order valence-electron chi connectivity index (χ1n) is 8.80. The van der Waals surface area contributed by atoms with Crippen LogP contribution in [0.15, 0.2) is 60.7 Å². The molecule has 0 N–H and O–H groups in total. The first-order valence-corrected chi connectivity index (χ1v) is 8.80. The molecule has 0 atom stereocenters. The van der Waals surface area contributed by atoms with Crippen LogP contribution in [0.3, 0.4) is 0 Å². The molecule has 0 amide bonds. The van der Waals surface area contributed by atoms with Gasteiger partial charge in [-0.2, -0.15) is 0 Å². The summed E-state index contributed by atoms with van der Waals surface area (Å²) in [6.45, 7) is 27.5. The zero-order chi connectivity index (χ0) is 19.3. The van der Waals surface area contributed by atoms with Gasteiger partial charge in [-0.1, -0.05) is 99.9 Å². The first-order chi connectivity index (χ1) is 10.9. The van der Waals surface area contributed by atoms with Gasteiger partial charge in [0.15, 0.2) is 0 Å². The summed E-state index contributed by atoms with van der Waals surface area (Å²) in [6.07, 6.45) is 5.06. The standard InChI is InChI=1S/C8H10.C7H12.C4H8.2C2H6/c1-7-3-5-8(2)6-4-7;1-4-7(5-2)6-3;1-4(2)3;2*1-2/h3-6H,1-2H3;4-5H,1,6H2,2-3H3;1H2,2-3H3;2*1-2H3/b;7-5+;;;. The SMILES string of the molecule is C=C(C)C.C=C/C(=C\C)CC.CC.CC.Cc1ccc(C)cc1. The Kier molecular flexibility index (Phi) is 32.5. The van der Waals surface area contributed by atoms with Crippen LogP contribution in [0.25, 0.3) is 0 Å². The van der Waals surface area contributed by atoms with Crippen molar-refractivity contribution in [3.8, 4) is 0 Å². The molecular formula is C23H42. The maximum atomic E-state index is 3.63. The van der Waals surface area contributed by atoms with Gasteiger partial charge in [0.1, 0.15) is 0 Å². The van der Waals surface area contributed by atoms with Gasteiger partial charge in [-0.05, 0) is 41.0 Å². The van der Waals surface area contributed by atoms with Crippen molar-refractivity contribution in [1.29, 1.82) is 0 Å². The summed E-state index contributed by atoms with van der Waals surface area (Å²) < 4.78 is 0. The van der Waals surface area contributed by atoms with Crippen LogP contribution in [0.4, 0.5) is 0 Å². The van der Waals surface area contributed by atoms with E-state index < -0.39 is 0 Å². The van der Waals surface area contributed by atoms with Crippen molar-refractivity contribution in [2.45, 2.75) is 75.7 Å². The zero-order valence-corrected chi connectivity index (χ0v) is 17.6. The number of aryl methyl sites for hydroxylation is 2. The van der Waals surface area contributed by atoms with Gasteiger partial charge in [0, 0.05) is 0 Å². The first kappa shape index (κ1) is 29.5. The quantitative estimate of drug-likeness (QED) is 0.379. The molecule has 1 rings (SSSR count). The summed E-state index contributed by atoms with van der Waals surface area (Å²) in [5.74, 6) is 0. The third-order valence-corrected chi connectivity index (χ3v) is 2.26. The maximum absolute atomic E-state index is 3.63. The summed E-state index contributed by atoms with van der Waals surface area (Å²) in [5, 5.41) is 0. The van der Waals surface area contributed by atoms with E-state index >= 15 is 0 Å². The molecule has 1 aromatic rings. The molecule has 0 heterocycles. The summed E-state index contributed by atoms with van der Waals surface area (Å²) >= 11 is 0. The third kappa shape index (κ3) is 33.3. The highest BCUT2D eigenvalue weighted by atomic mass is 13.9. The molecule has 0 bridgehead atoms. The molecule has 0 fully saturated rings. The summed E-state index contributed by atoms with van der Waals surface area (Å²) in [6, 6.07) is 8.48. The molecule has 0 nitrogen and oxygen atoms in total. The largest absolute Gasteiger partial charge is 0.100 e. The highest BCUT2D eigenvalue weighted by Crippen LogP contribution is 1.99. The molecule has 0 aliphatic carbocycles. The Morgan fingerprint density at radius 2 is 1.17 bits per heavy atom.